The first-order valence-corrected chi connectivity index (χ1v) is 11.9. The van der Waals surface area contributed by atoms with E-state index < -0.39 is 12.1 Å². The van der Waals surface area contributed by atoms with Crippen molar-refractivity contribution in [3.05, 3.63) is 47.3 Å². The highest BCUT2D eigenvalue weighted by molar-refractivity contribution is 5.89. The molecule has 1 N–H and O–H groups in total. The summed E-state index contributed by atoms with van der Waals surface area (Å²) in [5, 5.41) is 2.91. The highest BCUT2D eigenvalue weighted by atomic mass is 16.6. The fourth-order valence-electron chi connectivity index (χ4n) is 3.78. The Kier molecular flexibility index (Phi) is 9.33. The van der Waals surface area contributed by atoms with Crippen molar-refractivity contribution in [1.82, 2.24) is 10.3 Å². The monoisotopic (exact) mass is 473 g/mol. The number of oxazole rings is 1. The fraction of sp³-hybridized carbons (Fsp3) is 0.560. The molecular formula is C25H35N3O6. The van der Waals surface area contributed by atoms with E-state index in [0.29, 0.717) is 37.9 Å². The number of nitrogens with zero attached hydrogens (tertiary/aromatic N) is 2. The third kappa shape index (κ3) is 6.72. The van der Waals surface area contributed by atoms with E-state index in [0.717, 1.165) is 18.4 Å². The van der Waals surface area contributed by atoms with Gasteiger partial charge in [-0.05, 0) is 18.4 Å². The van der Waals surface area contributed by atoms with Gasteiger partial charge in [-0.1, -0.05) is 57.5 Å². The van der Waals surface area contributed by atoms with Gasteiger partial charge in [-0.15, -0.1) is 0 Å². The predicted molar refractivity (Wildman–Crippen MR) is 127 cm³/mol. The van der Waals surface area contributed by atoms with Crippen LogP contribution in [0, 0.1) is 0 Å². The lowest BCUT2D eigenvalue weighted by Gasteiger charge is -2.37. The molecule has 0 aliphatic carbocycles. The van der Waals surface area contributed by atoms with Crippen molar-refractivity contribution in [2.75, 3.05) is 31.7 Å². The molecule has 1 amide bonds. The van der Waals surface area contributed by atoms with E-state index in [9.17, 15) is 9.59 Å². The van der Waals surface area contributed by atoms with Gasteiger partial charge in [0.05, 0.1) is 25.3 Å². The van der Waals surface area contributed by atoms with Gasteiger partial charge in [-0.3, -0.25) is 0 Å². The third-order valence-electron chi connectivity index (χ3n) is 5.74. The summed E-state index contributed by atoms with van der Waals surface area (Å²) < 4.78 is 22.3. The average Bonchev–Trinajstić information content (AvgIpc) is 3.30. The lowest BCUT2D eigenvalue weighted by molar-refractivity contribution is 0.0490. The Morgan fingerprint density at radius 2 is 2.00 bits per heavy atom. The van der Waals surface area contributed by atoms with Gasteiger partial charge >= 0.3 is 12.1 Å². The van der Waals surface area contributed by atoms with Gasteiger partial charge < -0.3 is 28.8 Å². The number of alkyl carbamates (subject to hydrolysis) is 1. The van der Waals surface area contributed by atoms with Crippen molar-refractivity contribution >= 4 is 18.1 Å². The predicted octanol–water partition coefficient (Wildman–Crippen LogP) is 4.28. The van der Waals surface area contributed by atoms with Gasteiger partial charge in [0.25, 0.3) is 6.01 Å². The van der Waals surface area contributed by atoms with Crippen molar-refractivity contribution < 1.29 is 28.2 Å². The number of anilines is 1. The average molecular weight is 474 g/mol. The van der Waals surface area contributed by atoms with Crippen molar-refractivity contribution in [3.63, 3.8) is 0 Å². The number of rotatable bonds is 10. The van der Waals surface area contributed by atoms with Gasteiger partial charge in [-0.25, -0.2) is 9.59 Å². The molecule has 0 spiro atoms. The molecule has 3 rings (SSSR count). The lowest BCUT2D eigenvalue weighted by Crippen LogP contribution is -2.55. The number of esters is 1. The van der Waals surface area contributed by atoms with Crippen LogP contribution < -0.4 is 10.2 Å². The Balaban J connectivity index is 1.60. The molecule has 0 unspecified atom stereocenters. The minimum Gasteiger partial charge on any atom is -0.461 e. The van der Waals surface area contributed by atoms with E-state index in [2.05, 4.69) is 10.3 Å². The molecule has 1 aliphatic heterocycles. The molecule has 0 saturated carbocycles. The Morgan fingerprint density at radius 1 is 1.24 bits per heavy atom. The number of ether oxygens (including phenoxy) is 3. The molecule has 2 aromatic rings. The highest BCUT2D eigenvalue weighted by Crippen LogP contribution is 2.28. The smallest absolute Gasteiger partial charge is 0.407 e. The molecule has 1 aliphatic rings. The van der Waals surface area contributed by atoms with E-state index in [-0.39, 0.29) is 30.4 Å². The van der Waals surface area contributed by atoms with Crippen LogP contribution in [0.25, 0.3) is 0 Å². The maximum atomic E-state index is 12.5. The number of carbonyl (C=O) groups is 2. The maximum Gasteiger partial charge on any atom is 0.407 e. The Bertz CT molecular complexity index is 930. The Hall–Kier alpha value is -3.07. The minimum absolute atomic E-state index is 0.0215. The molecule has 1 aromatic carbocycles. The van der Waals surface area contributed by atoms with E-state index >= 15 is 0 Å². The number of methoxy groups -OCH3 is 1. The molecule has 0 bridgehead atoms. The van der Waals surface area contributed by atoms with Crippen LogP contribution in [0.5, 0.6) is 0 Å². The zero-order valence-electron chi connectivity index (χ0n) is 20.4. The molecule has 1 fully saturated rings. The van der Waals surface area contributed by atoms with Gasteiger partial charge in [-0.2, -0.15) is 4.98 Å². The molecule has 34 heavy (non-hydrogen) atoms. The molecule has 1 saturated heterocycles. The van der Waals surface area contributed by atoms with Crippen molar-refractivity contribution in [2.45, 2.75) is 64.7 Å². The Morgan fingerprint density at radius 3 is 2.68 bits per heavy atom. The number of hydrogen-bond acceptors (Lipinski definition) is 8. The second-order valence-corrected chi connectivity index (χ2v) is 8.67. The van der Waals surface area contributed by atoms with Crippen LogP contribution in [0.3, 0.4) is 0 Å². The number of nitrogens with one attached hydrogen (secondary N) is 1. The standard InChI is InChI=1S/C25H35N3O6/c1-5-6-14-32-23(29)21-22(17(2)3)34-24(27-21)28-13-12-19(20(15-28)31-4)26-25(30)33-16-18-10-8-7-9-11-18/h7-11,17,19-20H,5-6,12-16H2,1-4H3,(H,26,30)/t19-,20+/m1/s1. The maximum absolute atomic E-state index is 12.5. The number of hydrogen-bond donors (Lipinski definition) is 1. The normalized spacial score (nSPS) is 18.1. The number of piperidine rings is 1. The van der Waals surface area contributed by atoms with Crippen LogP contribution in [-0.2, 0) is 20.8 Å². The number of aromatic nitrogens is 1. The number of unbranched alkanes of at least 4 members (excludes halogenated alkanes) is 1. The zero-order chi connectivity index (χ0) is 24.5. The molecular weight excluding hydrogens is 438 g/mol. The second kappa shape index (κ2) is 12.4. The van der Waals surface area contributed by atoms with E-state index in [4.69, 9.17) is 18.6 Å². The fourth-order valence-corrected chi connectivity index (χ4v) is 3.78. The summed E-state index contributed by atoms with van der Waals surface area (Å²) in [6, 6.07) is 9.66. The van der Waals surface area contributed by atoms with Gasteiger partial charge in [0.15, 0.2) is 5.69 Å². The summed E-state index contributed by atoms with van der Waals surface area (Å²) in [7, 11) is 1.60. The first kappa shape index (κ1) is 25.6. The molecule has 1 aromatic heterocycles. The number of amides is 1. The van der Waals surface area contributed by atoms with Crippen LogP contribution in [0.2, 0.25) is 0 Å². The van der Waals surface area contributed by atoms with Crippen LogP contribution in [-0.4, -0.2) is 56.0 Å². The van der Waals surface area contributed by atoms with Crippen LogP contribution in [0.1, 0.15) is 67.8 Å². The van der Waals surface area contributed by atoms with Crippen molar-refractivity contribution in [1.29, 1.82) is 0 Å². The van der Waals surface area contributed by atoms with Gasteiger partial charge in [0.2, 0.25) is 0 Å². The quantitative estimate of drug-likeness (QED) is 0.403. The Labute approximate surface area is 200 Å². The van der Waals surface area contributed by atoms with E-state index in [1.807, 2.05) is 56.0 Å². The molecule has 9 nitrogen and oxygen atoms in total. The summed E-state index contributed by atoms with van der Waals surface area (Å²) in [5.41, 5.74) is 1.14. The zero-order valence-corrected chi connectivity index (χ0v) is 20.4. The summed E-state index contributed by atoms with van der Waals surface area (Å²) in [6.45, 7) is 7.51. The van der Waals surface area contributed by atoms with Gasteiger partial charge in [0.1, 0.15) is 12.4 Å². The summed E-state index contributed by atoms with van der Waals surface area (Å²) in [5.74, 6) is 0.0233. The van der Waals surface area contributed by atoms with E-state index in [1.165, 1.54) is 0 Å². The summed E-state index contributed by atoms with van der Waals surface area (Å²) in [4.78, 5) is 31.3. The molecule has 0 radical (unpaired) electrons. The molecule has 2 heterocycles. The molecule has 9 heteroatoms. The van der Waals surface area contributed by atoms with Crippen LogP contribution >= 0.6 is 0 Å². The van der Waals surface area contributed by atoms with Crippen molar-refractivity contribution in [2.24, 2.45) is 0 Å². The molecule has 186 valence electrons. The lowest BCUT2D eigenvalue weighted by atomic mass is 10.0. The first-order chi connectivity index (χ1) is 16.4. The first-order valence-electron chi connectivity index (χ1n) is 11.9. The number of benzene rings is 1. The topological polar surface area (TPSA) is 103 Å². The molecule has 2 atom stereocenters. The highest BCUT2D eigenvalue weighted by Gasteiger charge is 2.34. The summed E-state index contributed by atoms with van der Waals surface area (Å²) in [6.07, 6.45) is 1.56. The van der Waals surface area contributed by atoms with E-state index in [1.54, 1.807) is 7.11 Å². The SMILES string of the molecule is CCCCOC(=O)c1nc(N2CC[C@@H](NC(=O)OCc3ccccc3)[C@@H](OC)C2)oc1C(C)C. The minimum atomic E-state index is -0.486. The third-order valence-corrected chi connectivity index (χ3v) is 5.74. The second-order valence-electron chi connectivity index (χ2n) is 8.67. The summed E-state index contributed by atoms with van der Waals surface area (Å²) >= 11 is 0. The van der Waals surface area contributed by atoms with Gasteiger partial charge in [0, 0.05) is 19.6 Å². The van der Waals surface area contributed by atoms with Crippen molar-refractivity contribution in [3.8, 4) is 0 Å². The largest absolute Gasteiger partial charge is 0.461 e. The number of carbonyl (C=O) groups excluding carboxylic acids is 2. The van der Waals surface area contributed by atoms with Crippen LogP contribution in [0.4, 0.5) is 10.8 Å². The van der Waals surface area contributed by atoms with Crippen LogP contribution in [0.15, 0.2) is 34.7 Å².